The maximum absolute atomic E-state index is 9.32. The number of rotatable bonds is 2. The summed E-state index contributed by atoms with van der Waals surface area (Å²) < 4.78 is 0. The monoisotopic (exact) mass is 189 g/mol. The van der Waals surface area contributed by atoms with Crippen LogP contribution in [0.4, 0.5) is 5.69 Å². The van der Waals surface area contributed by atoms with E-state index in [9.17, 15) is 5.11 Å². The lowest BCUT2D eigenvalue weighted by molar-refractivity contribution is 0.195. The fourth-order valence-corrected chi connectivity index (χ4v) is 1.50. The molecule has 1 rings (SSSR count). The van der Waals surface area contributed by atoms with Crippen molar-refractivity contribution in [3.63, 3.8) is 0 Å². The van der Waals surface area contributed by atoms with Crippen LogP contribution >= 0.6 is 0 Å². The van der Waals surface area contributed by atoms with Gasteiger partial charge in [-0.05, 0) is 31.0 Å². The zero-order valence-corrected chi connectivity index (χ0v) is 8.54. The minimum atomic E-state index is -0.425. The van der Waals surface area contributed by atoms with E-state index in [4.69, 9.17) is 12.2 Å². The van der Waals surface area contributed by atoms with Crippen molar-refractivity contribution in [1.29, 1.82) is 0 Å². The number of aliphatic hydroxyl groups is 1. The predicted octanol–water partition coefficient (Wildman–Crippen LogP) is 1.48. The molecule has 0 fully saturated rings. The van der Waals surface area contributed by atoms with Crippen LogP contribution in [-0.4, -0.2) is 11.2 Å². The van der Waals surface area contributed by atoms with Crippen LogP contribution in [0.25, 0.3) is 0 Å². The molecule has 3 N–H and O–H groups in total. The molecule has 0 spiro atoms. The molecule has 1 aromatic carbocycles. The molecule has 74 valence electrons. The molecule has 0 aromatic heterocycles. The Kier molecular flexibility index (Phi) is 3.16. The van der Waals surface area contributed by atoms with E-state index in [0.29, 0.717) is 12.1 Å². The Morgan fingerprint density at radius 3 is 2.71 bits per heavy atom. The van der Waals surface area contributed by atoms with Crippen LogP contribution in [0.15, 0.2) is 12.1 Å². The molecule has 0 amide bonds. The third kappa shape index (κ3) is 2.07. The van der Waals surface area contributed by atoms with E-state index in [1.807, 2.05) is 19.1 Å². The van der Waals surface area contributed by atoms with E-state index in [-0.39, 0.29) is 0 Å². The SMILES string of the molecule is C#Cc1c(C)ccc(N)c1CC(C)O. The second kappa shape index (κ2) is 4.17. The molecule has 0 bridgehead atoms. The van der Waals surface area contributed by atoms with Crippen molar-refractivity contribution in [2.45, 2.75) is 26.4 Å². The Labute approximate surface area is 84.8 Å². The summed E-state index contributed by atoms with van der Waals surface area (Å²) in [6, 6.07) is 3.73. The van der Waals surface area contributed by atoms with Gasteiger partial charge in [0.25, 0.3) is 0 Å². The third-order valence-electron chi connectivity index (χ3n) is 2.20. The van der Waals surface area contributed by atoms with E-state index < -0.39 is 6.10 Å². The van der Waals surface area contributed by atoms with Crippen molar-refractivity contribution < 1.29 is 5.11 Å². The molecule has 0 heterocycles. The number of aliphatic hydroxyl groups excluding tert-OH is 1. The average Bonchev–Trinajstić information content (AvgIpc) is 2.11. The lowest BCUT2D eigenvalue weighted by Gasteiger charge is -2.12. The first kappa shape index (κ1) is 10.6. The Morgan fingerprint density at radius 1 is 1.57 bits per heavy atom. The van der Waals surface area contributed by atoms with Crippen molar-refractivity contribution in [2.24, 2.45) is 0 Å². The second-order valence-electron chi connectivity index (χ2n) is 3.52. The van der Waals surface area contributed by atoms with Gasteiger partial charge < -0.3 is 10.8 Å². The lowest BCUT2D eigenvalue weighted by Crippen LogP contribution is -2.09. The van der Waals surface area contributed by atoms with Crippen molar-refractivity contribution in [1.82, 2.24) is 0 Å². The normalized spacial score (nSPS) is 12.1. The highest BCUT2D eigenvalue weighted by Crippen LogP contribution is 2.21. The van der Waals surface area contributed by atoms with E-state index in [0.717, 1.165) is 16.7 Å². The number of hydrogen-bond donors (Lipinski definition) is 2. The zero-order valence-electron chi connectivity index (χ0n) is 8.54. The molecule has 1 aromatic rings. The van der Waals surface area contributed by atoms with Crippen molar-refractivity contribution in [2.75, 3.05) is 5.73 Å². The summed E-state index contributed by atoms with van der Waals surface area (Å²) in [6.07, 6.45) is 5.49. The molecule has 1 unspecified atom stereocenters. The Balaban J connectivity index is 3.25. The molecular formula is C12H15NO. The van der Waals surface area contributed by atoms with E-state index in [2.05, 4.69) is 5.92 Å². The van der Waals surface area contributed by atoms with Crippen molar-refractivity contribution >= 4 is 5.69 Å². The molecule has 1 atom stereocenters. The van der Waals surface area contributed by atoms with Gasteiger partial charge >= 0.3 is 0 Å². The lowest BCUT2D eigenvalue weighted by atomic mass is 9.96. The molecule has 0 saturated heterocycles. The molecule has 0 aliphatic heterocycles. The van der Waals surface area contributed by atoms with E-state index >= 15 is 0 Å². The van der Waals surface area contributed by atoms with Gasteiger partial charge in [0.1, 0.15) is 0 Å². The summed E-state index contributed by atoms with van der Waals surface area (Å²) in [7, 11) is 0. The zero-order chi connectivity index (χ0) is 10.7. The van der Waals surface area contributed by atoms with Crippen LogP contribution in [0.2, 0.25) is 0 Å². The third-order valence-corrected chi connectivity index (χ3v) is 2.20. The van der Waals surface area contributed by atoms with Crippen LogP contribution < -0.4 is 5.73 Å². The Morgan fingerprint density at radius 2 is 2.21 bits per heavy atom. The first-order valence-electron chi connectivity index (χ1n) is 4.59. The van der Waals surface area contributed by atoms with Gasteiger partial charge in [-0.1, -0.05) is 12.0 Å². The first-order valence-corrected chi connectivity index (χ1v) is 4.59. The van der Waals surface area contributed by atoms with Crippen LogP contribution in [0.1, 0.15) is 23.6 Å². The largest absolute Gasteiger partial charge is 0.398 e. The predicted molar refractivity (Wildman–Crippen MR) is 58.9 cm³/mol. The number of anilines is 1. The number of benzene rings is 1. The molecule has 2 nitrogen and oxygen atoms in total. The minimum absolute atomic E-state index is 0.425. The Bertz CT molecular complexity index is 375. The van der Waals surface area contributed by atoms with Crippen LogP contribution in [0.5, 0.6) is 0 Å². The van der Waals surface area contributed by atoms with E-state index in [1.165, 1.54) is 0 Å². The number of aryl methyl sites for hydroxylation is 1. The fraction of sp³-hybridized carbons (Fsp3) is 0.333. The molecule has 0 radical (unpaired) electrons. The summed E-state index contributed by atoms with van der Waals surface area (Å²) in [5.41, 5.74) is 9.18. The van der Waals surface area contributed by atoms with Gasteiger partial charge in [0.15, 0.2) is 0 Å². The summed E-state index contributed by atoms with van der Waals surface area (Å²) in [4.78, 5) is 0. The van der Waals surface area contributed by atoms with Crippen molar-refractivity contribution in [3.05, 3.63) is 28.8 Å². The second-order valence-corrected chi connectivity index (χ2v) is 3.52. The standard InChI is InChI=1S/C12H15NO/c1-4-10-8(2)5-6-12(13)11(10)7-9(3)14/h1,5-6,9,14H,7,13H2,2-3H3. The van der Waals surface area contributed by atoms with Gasteiger partial charge in [-0.15, -0.1) is 6.42 Å². The summed E-state index contributed by atoms with van der Waals surface area (Å²) in [6.45, 7) is 3.67. The summed E-state index contributed by atoms with van der Waals surface area (Å²) in [5, 5.41) is 9.32. The molecule has 0 saturated carbocycles. The number of hydrogen-bond acceptors (Lipinski definition) is 2. The average molecular weight is 189 g/mol. The highest BCUT2D eigenvalue weighted by Gasteiger charge is 2.09. The minimum Gasteiger partial charge on any atom is -0.398 e. The highest BCUT2D eigenvalue weighted by molar-refractivity contribution is 5.59. The Hall–Kier alpha value is -1.46. The van der Waals surface area contributed by atoms with Gasteiger partial charge in [0.05, 0.1) is 6.10 Å². The smallest absolute Gasteiger partial charge is 0.0553 e. The summed E-state index contributed by atoms with van der Waals surface area (Å²) >= 11 is 0. The fourth-order valence-electron chi connectivity index (χ4n) is 1.50. The quantitative estimate of drug-likeness (QED) is 0.547. The molecule has 0 aliphatic carbocycles. The van der Waals surface area contributed by atoms with E-state index in [1.54, 1.807) is 6.92 Å². The van der Waals surface area contributed by atoms with Gasteiger partial charge in [-0.25, -0.2) is 0 Å². The molecule has 2 heteroatoms. The molecule has 0 aliphatic rings. The molecular weight excluding hydrogens is 174 g/mol. The van der Waals surface area contributed by atoms with Crippen LogP contribution in [0.3, 0.4) is 0 Å². The van der Waals surface area contributed by atoms with Gasteiger partial charge in [-0.2, -0.15) is 0 Å². The van der Waals surface area contributed by atoms with Gasteiger partial charge in [-0.3, -0.25) is 0 Å². The van der Waals surface area contributed by atoms with Crippen LogP contribution in [-0.2, 0) is 6.42 Å². The summed E-state index contributed by atoms with van der Waals surface area (Å²) in [5.74, 6) is 2.62. The number of terminal acetylenes is 1. The van der Waals surface area contributed by atoms with Gasteiger partial charge in [0.2, 0.25) is 0 Å². The number of nitrogen functional groups attached to an aromatic ring is 1. The highest BCUT2D eigenvalue weighted by atomic mass is 16.3. The maximum atomic E-state index is 9.32. The topological polar surface area (TPSA) is 46.2 Å². The van der Waals surface area contributed by atoms with Gasteiger partial charge in [0, 0.05) is 17.7 Å². The van der Waals surface area contributed by atoms with Crippen LogP contribution in [0, 0.1) is 19.3 Å². The first-order chi connectivity index (χ1) is 6.56. The molecule has 14 heavy (non-hydrogen) atoms. The maximum Gasteiger partial charge on any atom is 0.0553 e. The van der Waals surface area contributed by atoms with Crippen molar-refractivity contribution in [3.8, 4) is 12.3 Å². The number of nitrogens with two attached hydrogens (primary N) is 1.